The van der Waals surface area contributed by atoms with Gasteiger partial charge < -0.3 is 9.15 Å². The van der Waals surface area contributed by atoms with Crippen molar-refractivity contribution in [3.8, 4) is 0 Å². The van der Waals surface area contributed by atoms with Crippen LogP contribution in [0.4, 0.5) is 0 Å². The Kier molecular flexibility index (Phi) is 4.30. The highest BCUT2D eigenvalue weighted by Crippen LogP contribution is 2.28. The number of aromatic nitrogens is 2. The van der Waals surface area contributed by atoms with Crippen LogP contribution in [0.15, 0.2) is 32.7 Å². The fraction of sp³-hybridized carbons (Fsp3) is 0.250. The number of hydrogen-bond donors (Lipinski definition) is 0. The fourth-order valence-electron chi connectivity index (χ4n) is 2.28. The molecule has 7 nitrogen and oxygen atoms in total. The molecule has 3 heterocycles. The maximum Gasteiger partial charge on any atom is 0.348 e. The van der Waals surface area contributed by atoms with E-state index in [1.165, 1.54) is 17.2 Å². The van der Waals surface area contributed by atoms with Crippen LogP contribution < -0.4 is 5.56 Å². The van der Waals surface area contributed by atoms with E-state index in [-0.39, 0.29) is 12.2 Å². The first-order valence-corrected chi connectivity index (χ1v) is 8.12. The van der Waals surface area contributed by atoms with Crippen molar-refractivity contribution < 1.29 is 13.9 Å². The third kappa shape index (κ3) is 2.76. The Morgan fingerprint density at radius 1 is 1.50 bits per heavy atom. The fourth-order valence-corrected chi connectivity index (χ4v) is 3.39. The summed E-state index contributed by atoms with van der Waals surface area (Å²) in [5.41, 5.74) is 0.234. The minimum atomic E-state index is -0.444. The van der Waals surface area contributed by atoms with Gasteiger partial charge in [-0.1, -0.05) is 0 Å². The standard InChI is InChI=1S/C16H15N3O4S/c1-4-22-16(21)13-9(2)12-14(24-13)18-10(3)19(15(12)20)17-8-11-6-5-7-23-11/h5-8H,4H2,1-3H3/b17-8+. The topological polar surface area (TPSA) is 86.7 Å². The molecule has 0 atom stereocenters. The molecule has 0 N–H and O–H groups in total. The molecule has 24 heavy (non-hydrogen) atoms. The second kappa shape index (κ2) is 6.40. The van der Waals surface area contributed by atoms with Crippen molar-refractivity contribution in [2.75, 3.05) is 6.61 Å². The Morgan fingerprint density at radius 2 is 2.29 bits per heavy atom. The predicted molar refractivity (Wildman–Crippen MR) is 91.0 cm³/mol. The van der Waals surface area contributed by atoms with Gasteiger partial charge in [0.05, 0.1) is 24.5 Å². The van der Waals surface area contributed by atoms with Crippen LogP contribution in [0.2, 0.25) is 0 Å². The van der Waals surface area contributed by atoms with Gasteiger partial charge in [-0.2, -0.15) is 9.78 Å². The molecule has 0 aromatic carbocycles. The number of ether oxygens (including phenoxy) is 1. The number of hydrogen-bond acceptors (Lipinski definition) is 7. The van der Waals surface area contributed by atoms with Crippen molar-refractivity contribution in [3.63, 3.8) is 0 Å². The minimum absolute atomic E-state index is 0.274. The first-order valence-electron chi connectivity index (χ1n) is 7.30. The average Bonchev–Trinajstić information content (AvgIpc) is 3.15. The third-order valence-electron chi connectivity index (χ3n) is 3.41. The highest BCUT2D eigenvalue weighted by molar-refractivity contribution is 7.20. The first-order chi connectivity index (χ1) is 11.5. The summed E-state index contributed by atoms with van der Waals surface area (Å²) < 4.78 is 11.4. The van der Waals surface area contributed by atoms with E-state index in [1.54, 1.807) is 32.9 Å². The van der Waals surface area contributed by atoms with Crippen LogP contribution >= 0.6 is 11.3 Å². The number of furan rings is 1. The van der Waals surface area contributed by atoms with Gasteiger partial charge >= 0.3 is 5.97 Å². The Hall–Kier alpha value is -2.74. The summed E-state index contributed by atoms with van der Waals surface area (Å²) in [5, 5.41) is 4.52. The van der Waals surface area contributed by atoms with Gasteiger partial charge in [0.25, 0.3) is 5.56 Å². The highest BCUT2D eigenvalue weighted by Gasteiger charge is 2.21. The van der Waals surface area contributed by atoms with Crippen molar-refractivity contribution in [3.05, 3.63) is 50.8 Å². The summed E-state index contributed by atoms with van der Waals surface area (Å²) in [4.78, 5) is 30.0. The Bertz CT molecular complexity index is 983. The number of aryl methyl sites for hydroxylation is 2. The average molecular weight is 345 g/mol. The number of esters is 1. The Balaban J connectivity index is 2.14. The van der Waals surface area contributed by atoms with Crippen LogP contribution in [-0.2, 0) is 4.74 Å². The lowest BCUT2D eigenvalue weighted by Crippen LogP contribution is -2.20. The molecule has 0 bridgehead atoms. The number of rotatable bonds is 4. The molecule has 3 rings (SSSR count). The van der Waals surface area contributed by atoms with Gasteiger partial charge in [-0.25, -0.2) is 9.78 Å². The molecule has 3 aromatic rings. The van der Waals surface area contributed by atoms with Crippen molar-refractivity contribution in [1.82, 2.24) is 9.66 Å². The number of nitrogens with zero attached hydrogens (tertiary/aromatic N) is 3. The van der Waals surface area contributed by atoms with Crippen LogP contribution in [0.3, 0.4) is 0 Å². The molecule has 0 saturated heterocycles. The molecule has 124 valence electrons. The van der Waals surface area contributed by atoms with Crippen LogP contribution in [0, 0.1) is 13.8 Å². The molecular weight excluding hydrogens is 330 g/mol. The summed E-state index contributed by atoms with van der Waals surface area (Å²) in [7, 11) is 0. The molecule has 0 aliphatic heterocycles. The van der Waals surface area contributed by atoms with Gasteiger partial charge in [0.1, 0.15) is 21.3 Å². The van der Waals surface area contributed by atoms with Crippen LogP contribution in [-0.4, -0.2) is 28.5 Å². The summed E-state index contributed by atoms with van der Waals surface area (Å²) >= 11 is 1.16. The van der Waals surface area contributed by atoms with Gasteiger partial charge in [-0.05, 0) is 38.5 Å². The largest absolute Gasteiger partial charge is 0.463 e. The van der Waals surface area contributed by atoms with E-state index in [0.29, 0.717) is 32.2 Å². The van der Waals surface area contributed by atoms with E-state index in [4.69, 9.17) is 9.15 Å². The van der Waals surface area contributed by atoms with Gasteiger partial charge in [0.2, 0.25) is 0 Å². The molecule has 0 unspecified atom stereocenters. The van der Waals surface area contributed by atoms with Gasteiger partial charge in [0.15, 0.2) is 0 Å². The monoisotopic (exact) mass is 345 g/mol. The number of carbonyl (C=O) groups is 1. The van der Waals surface area contributed by atoms with Crippen molar-refractivity contribution in [1.29, 1.82) is 0 Å². The van der Waals surface area contributed by atoms with E-state index in [2.05, 4.69) is 10.1 Å². The van der Waals surface area contributed by atoms with Crippen molar-refractivity contribution in [2.24, 2.45) is 5.10 Å². The van der Waals surface area contributed by atoms with Crippen molar-refractivity contribution >= 4 is 33.7 Å². The highest BCUT2D eigenvalue weighted by atomic mass is 32.1. The third-order valence-corrected chi connectivity index (χ3v) is 4.57. The molecule has 0 radical (unpaired) electrons. The Labute approximate surface area is 141 Å². The molecule has 0 spiro atoms. The number of fused-ring (bicyclic) bond motifs is 1. The molecule has 0 aliphatic rings. The van der Waals surface area contributed by atoms with E-state index in [0.717, 1.165) is 11.3 Å². The molecule has 0 aliphatic carbocycles. The zero-order valence-corrected chi connectivity index (χ0v) is 14.2. The summed E-state index contributed by atoms with van der Waals surface area (Å²) in [6, 6.07) is 3.46. The van der Waals surface area contributed by atoms with Gasteiger partial charge in [0, 0.05) is 0 Å². The summed E-state index contributed by atoms with van der Waals surface area (Å²) in [5.74, 6) is 0.503. The van der Waals surface area contributed by atoms with Gasteiger partial charge in [-0.3, -0.25) is 4.79 Å². The molecule has 8 heteroatoms. The van der Waals surface area contributed by atoms with Crippen LogP contribution in [0.1, 0.15) is 33.7 Å². The number of carbonyl (C=O) groups excluding carboxylic acids is 1. The SMILES string of the molecule is CCOC(=O)c1sc2nc(C)n(/N=C/c3ccco3)c(=O)c2c1C. The lowest BCUT2D eigenvalue weighted by molar-refractivity contribution is 0.0531. The van der Waals surface area contributed by atoms with E-state index >= 15 is 0 Å². The molecule has 0 amide bonds. The molecular formula is C16H15N3O4S. The lowest BCUT2D eigenvalue weighted by Gasteiger charge is -2.02. The maximum absolute atomic E-state index is 12.8. The molecule has 0 fully saturated rings. The van der Waals surface area contributed by atoms with E-state index in [9.17, 15) is 9.59 Å². The zero-order valence-electron chi connectivity index (χ0n) is 13.4. The molecule has 3 aromatic heterocycles. The first kappa shape index (κ1) is 16.1. The predicted octanol–water partition coefficient (Wildman–Crippen LogP) is 2.73. The quantitative estimate of drug-likeness (QED) is 0.536. The number of thiophene rings is 1. The van der Waals surface area contributed by atoms with Crippen LogP contribution in [0.5, 0.6) is 0 Å². The van der Waals surface area contributed by atoms with Crippen molar-refractivity contribution in [2.45, 2.75) is 20.8 Å². The van der Waals surface area contributed by atoms with E-state index in [1.807, 2.05) is 0 Å². The Morgan fingerprint density at radius 3 is 2.96 bits per heavy atom. The summed E-state index contributed by atoms with van der Waals surface area (Å²) in [6.45, 7) is 5.40. The second-order valence-corrected chi connectivity index (χ2v) is 5.99. The summed E-state index contributed by atoms with van der Waals surface area (Å²) in [6.07, 6.45) is 2.96. The zero-order chi connectivity index (χ0) is 17.3. The van der Waals surface area contributed by atoms with Crippen LogP contribution in [0.25, 0.3) is 10.2 Å². The van der Waals surface area contributed by atoms with E-state index < -0.39 is 5.97 Å². The van der Waals surface area contributed by atoms with Gasteiger partial charge in [-0.15, -0.1) is 11.3 Å². The minimum Gasteiger partial charge on any atom is -0.463 e. The second-order valence-electron chi connectivity index (χ2n) is 4.99. The maximum atomic E-state index is 12.8. The lowest BCUT2D eigenvalue weighted by atomic mass is 10.2. The smallest absolute Gasteiger partial charge is 0.348 e. The normalized spacial score (nSPS) is 11.5. The molecule has 0 saturated carbocycles.